The van der Waals surface area contributed by atoms with Crippen LogP contribution in [0.5, 0.6) is 5.75 Å². The van der Waals surface area contributed by atoms with Gasteiger partial charge >= 0.3 is 0 Å². The number of phenolic OH excluding ortho intramolecular Hbond substituents is 1. The molecule has 0 saturated heterocycles. The minimum absolute atomic E-state index is 0.126. The molecule has 0 spiro atoms. The fraction of sp³-hybridized carbons (Fsp3) is 0. The smallest absolute Gasteiger partial charge is 0.152 e. The van der Waals surface area contributed by atoms with Crippen molar-refractivity contribution in [1.82, 2.24) is 9.97 Å². The first kappa shape index (κ1) is 14.5. The summed E-state index contributed by atoms with van der Waals surface area (Å²) < 4.78 is 0. The van der Waals surface area contributed by atoms with Crippen molar-refractivity contribution < 1.29 is 5.11 Å². The Hall–Kier alpha value is -2.48. The van der Waals surface area contributed by atoms with Crippen molar-refractivity contribution in [1.29, 1.82) is 5.26 Å². The Kier molecular flexibility index (Phi) is 3.76. The summed E-state index contributed by atoms with van der Waals surface area (Å²) in [7, 11) is 0. The highest BCUT2D eigenvalue weighted by atomic mass is 35.5. The highest BCUT2D eigenvalue weighted by molar-refractivity contribution is 6.37. The Morgan fingerprint density at radius 3 is 2.55 bits per heavy atom. The predicted octanol–water partition coefficient (Wildman–Crippen LogP) is 4.64. The van der Waals surface area contributed by atoms with Gasteiger partial charge in [-0.2, -0.15) is 5.26 Å². The summed E-state index contributed by atoms with van der Waals surface area (Å²) in [5.74, 6) is 0.284. The highest BCUT2D eigenvalue weighted by Gasteiger charge is 2.10. The summed E-state index contributed by atoms with van der Waals surface area (Å²) in [6, 6.07) is 12.7. The molecule has 0 fully saturated rings. The lowest BCUT2D eigenvalue weighted by Crippen LogP contribution is -1.85. The number of benzene rings is 2. The summed E-state index contributed by atoms with van der Waals surface area (Å²) >= 11 is 11.8. The van der Waals surface area contributed by atoms with Crippen LogP contribution in [0.3, 0.4) is 0 Å². The third-order valence-corrected chi connectivity index (χ3v) is 3.69. The Morgan fingerprint density at radius 1 is 1.23 bits per heavy atom. The molecule has 4 nitrogen and oxygen atoms in total. The number of hydrogen-bond donors (Lipinski definition) is 2. The van der Waals surface area contributed by atoms with Crippen molar-refractivity contribution in [2.24, 2.45) is 0 Å². The van der Waals surface area contributed by atoms with E-state index in [-0.39, 0.29) is 15.8 Å². The van der Waals surface area contributed by atoms with Gasteiger partial charge in [0.15, 0.2) is 5.75 Å². The fourth-order valence-corrected chi connectivity index (χ4v) is 2.57. The van der Waals surface area contributed by atoms with E-state index >= 15 is 0 Å². The van der Waals surface area contributed by atoms with Gasteiger partial charge in [0.25, 0.3) is 0 Å². The number of aromatic hydroxyl groups is 1. The zero-order chi connectivity index (χ0) is 15.7. The summed E-state index contributed by atoms with van der Waals surface area (Å²) in [6.45, 7) is 0. The number of nitrogens with zero attached hydrogens (tertiary/aromatic N) is 2. The quantitative estimate of drug-likeness (QED) is 0.672. The van der Waals surface area contributed by atoms with E-state index in [1.54, 1.807) is 6.08 Å². The molecule has 0 amide bonds. The van der Waals surface area contributed by atoms with Gasteiger partial charge in [-0.15, -0.1) is 0 Å². The van der Waals surface area contributed by atoms with Gasteiger partial charge in [0.2, 0.25) is 0 Å². The van der Waals surface area contributed by atoms with Crippen LogP contribution in [0.4, 0.5) is 0 Å². The molecule has 0 radical (unpaired) electrons. The first-order valence-corrected chi connectivity index (χ1v) is 7.09. The Bertz CT molecular complexity index is 882. The molecule has 6 heteroatoms. The zero-order valence-electron chi connectivity index (χ0n) is 11.1. The molecule has 0 aliphatic heterocycles. The van der Waals surface area contributed by atoms with Crippen molar-refractivity contribution in [3.63, 3.8) is 0 Å². The van der Waals surface area contributed by atoms with Gasteiger partial charge in [-0.3, -0.25) is 0 Å². The molecule has 2 N–H and O–H groups in total. The average Bonchev–Trinajstić information content (AvgIpc) is 2.93. The van der Waals surface area contributed by atoms with Crippen LogP contribution in [-0.2, 0) is 0 Å². The van der Waals surface area contributed by atoms with Crippen LogP contribution in [-0.4, -0.2) is 15.1 Å². The summed E-state index contributed by atoms with van der Waals surface area (Å²) in [5, 5.41) is 19.2. The van der Waals surface area contributed by atoms with E-state index in [9.17, 15) is 10.4 Å². The van der Waals surface area contributed by atoms with Gasteiger partial charge in [0, 0.05) is 0 Å². The van der Waals surface area contributed by atoms with Crippen molar-refractivity contribution in [2.75, 3.05) is 0 Å². The summed E-state index contributed by atoms with van der Waals surface area (Å²) in [4.78, 5) is 7.47. The molecule has 0 aliphatic carbocycles. The summed E-state index contributed by atoms with van der Waals surface area (Å²) in [5.41, 5.74) is 2.57. The van der Waals surface area contributed by atoms with E-state index in [1.807, 2.05) is 24.3 Å². The van der Waals surface area contributed by atoms with Gasteiger partial charge in [0.1, 0.15) is 11.9 Å². The number of nitrogens with one attached hydrogen (secondary N) is 1. The number of para-hydroxylation sites is 2. The van der Waals surface area contributed by atoms with Crippen LogP contribution in [0.15, 0.2) is 36.4 Å². The number of fused-ring (bicyclic) bond motifs is 1. The number of imidazole rings is 1. The number of nitriles is 1. The number of rotatable bonds is 2. The van der Waals surface area contributed by atoms with E-state index in [1.165, 1.54) is 12.1 Å². The minimum atomic E-state index is -0.178. The van der Waals surface area contributed by atoms with E-state index in [2.05, 4.69) is 16.0 Å². The monoisotopic (exact) mass is 329 g/mol. The van der Waals surface area contributed by atoms with E-state index in [0.717, 1.165) is 11.0 Å². The maximum Gasteiger partial charge on any atom is 0.152 e. The Balaban J connectivity index is 2.09. The zero-order valence-corrected chi connectivity index (χ0v) is 12.7. The van der Waals surface area contributed by atoms with Crippen molar-refractivity contribution in [2.45, 2.75) is 0 Å². The highest BCUT2D eigenvalue weighted by Crippen LogP contribution is 2.33. The molecule has 22 heavy (non-hydrogen) atoms. The number of aromatic nitrogens is 2. The second-order valence-electron chi connectivity index (χ2n) is 4.61. The molecule has 2 aromatic carbocycles. The predicted molar refractivity (Wildman–Crippen MR) is 87.7 cm³/mol. The number of phenols is 1. The molecule has 3 rings (SSSR count). The molecular formula is C16H9Cl2N3O. The van der Waals surface area contributed by atoms with Crippen LogP contribution in [0.25, 0.3) is 22.7 Å². The van der Waals surface area contributed by atoms with Crippen molar-refractivity contribution in [3.05, 3.63) is 57.8 Å². The number of H-pyrrole nitrogens is 1. The normalized spacial score (nSPS) is 11.6. The van der Waals surface area contributed by atoms with Gasteiger partial charge in [-0.1, -0.05) is 35.3 Å². The van der Waals surface area contributed by atoms with E-state index in [4.69, 9.17) is 23.2 Å². The van der Waals surface area contributed by atoms with Gasteiger partial charge in [-0.05, 0) is 35.9 Å². The van der Waals surface area contributed by atoms with Crippen LogP contribution in [0.2, 0.25) is 10.0 Å². The largest absolute Gasteiger partial charge is 0.505 e. The first-order valence-electron chi connectivity index (χ1n) is 6.33. The van der Waals surface area contributed by atoms with E-state index in [0.29, 0.717) is 17.0 Å². The standard InChI is InChI=1S/C16H9Cl2N3O/c17-11-6-9(7-12(18)15(11)22)5-10(8-19)16-20-13-3-1-2-4-14(13)21-16/h1-7,22H,(H,20,21)/b10-5+. The third-order valence-electron chi connectivity index (χ3n) is 3.12. The molecule has 108 valence electrons. The lowest BCUT2D eigenvalue weighted by atomic mass is 10.1. The number of halogens is 2. The lowest BCUT2D eigenvalue weighted by Gasteiger charge is -2.02. The molecule has 0 aliphatic rings. The number of aromatic amines is 1. The van der Waals surface area contributed by atoms with Crippen LogP contribution < -0.4 is 0 Å². The fourth-order valence-electron chi connectivity index (χ4n) is 2.07. The summed E-state index contributed by atoms with van der Waals surface area (Å²) in [6.07, 6.45) is 1.61. The molecule has 0 atom stereocenters. The second kappa shape index (κ2) is 5.72. The molecule has 0 saturated carbocycles. The maximum atomic E-state index is 9.57. The molecular weight excluding hydrogens is 321 g/mol. The van der Waals surface area contributed by atoms with Crippen LogP contribution in [0, 0.1) is 11.3 Å². The molecule has 3 aromatic rings. The van der Waals surface area contributed by atoms with Gasteiger partial charge in [0.05, 0.1) is 26.7 Å². The molecule has 0 bridgehead atoms. The molecule has 1 heterocycles. The first-order chi connectivity index (χ1) is 10.6. The molecule has 1 aromatic heterocycles. The average molecular weight is 330 g/mol. The minimum Gasteiger partial charge on any atom is -0.505 e. The lowest BCUT2D eigenvalue weighted by molar-refractivity contribution is 0.476. The third kappa shape index (κ3) is 2.64. The number of allylic oxidation sites excluding steroid dienone is 1. The van der Waals surface area contributed by atoms with Crippen molar-refractivity contribution >= 4 is 45.9 Å². The van der Waals surface area contributed by atoms with Gasteiger partial charge in [-0.25, -0.2) is 4.98 Å². The Labute approximate surface area is 136 Å². The molecule has 0 unspecified atom stereocenters. The number of hydrogen-bond acceptors (Lipinski definition) is 3. The SMILES string of the molecule is N#C/C(=C\c1cc(Cl)c(O)c(Cl)c1)c1nc2ccccc2[nH]1. The maximum absolute atomic E-state index is 9.57. The van der Waals surface area contributed by atoms with Gasteiger partial charge < -0.3 is 10.1 Å². The van der Waals surface area contributed by atoms with Crippen LogP contribution in [0.1, 0.15) is 11.4 Å². The van der Waals surface area contributed by atoms with Crippen molar-refractivity contribution in [3.8, 4) is 11.8 Å². The Morgan fingerprint density at radius 2 is 1.91 bits per heavy atom. The van der Waals surface area contributed by atoms with E-state index < -0.39 is 0 Å². The topological polar surface area (TPSA) is 72.7 Å². The van der Waals surface area contributed by atoms with Crippen LogP contribution >= 0.6 is 23.2 Å². The second-order valence-corrected chi connectivity index (χ2v) is 5.42.